The molecule has 0 aliphatic rings. The third-order valence-electron chi connectivity index (χ3n) is 2.86. The first-order chi connectivity index (χ1) is 8.72. The van der Waals surface area contributed by atoms with Gasteiger partial charge in [-0.25, -0.2) is 9.37 Å². The molecule has 3 aromatic rings. The molecule has 90 valence electrons. The summed E-state index contributed by atoms with van der Waals surface area (Å²) >= 11 is 0. The van der Waals surface area contributed by atoms with Gasteiger partial charge in [-0.1, -0.05) is 12.1 Å². The number of halogens is 1. The topological polar surface area (TPSA) is 37.5 Å². The average molecular weight is 242 g/mol. The van der Waals surface area contributed by atoms with Crippen molar-refractivity contribution in [2.75, 3.05) is 0 Å². The van der Waals surface area contributed by atoms with Gasteiger partial charge in [-0.2, -0.15) is 0 Å². The van der Waals surface area contributed by atoms with Gasteiger partial charge in [0.05, 0.1) is 17.9 Å². The maximum Gasteiger partial charge on any atom is 0.132 e. The Morgan fingerprint density at radius 2 is 1.89 bits per heavy atom. The number of rotatable bonds is 2. The lowest BCUT2D eigenvalue weighted by Gasteiger charge is -2.02. The predicted molar refractivity (Wildman–Crippen MR) is 66.1 cm³/mol. The number of nitrogens with zero attached hydrogens (tertiary/aromatic N) is 2. The van der Waals surface area contributed by atoms with E-state index in [0.29, 0.717) is 6.42 Å². The average Bonchev–Trinajstić information content (AvgIpc) is 2.75. The van der Waals surface area contributed by atoms with E-state index in [1.54, 1.807) is 36.7 Å². The fraction of sp³-hybridized carbons (Fsp3) is 0.0714. The summed E-state index contributed by atoms with van der Waals surface area (Å²) in [5, 5.41) is 9.48. The summed E-state index contributed by atoms with van der Waals surface area (Å²) in [6.07, 6.45) is 3.97. The second-order valence-electron chi connectivity index (χ2n) is 4.16. The standard InChI is InChI=1S/C14H11FN2O/c15-11-3-1-10(2-4-11)7-14-16-8-12-5-6-13(18)9-17(12)14/h1-6,8-9,18H,7H2. The van der Waals surface area contributed by atoms with E-state index in [1.807, 2.05) is 4.40 Å². The van der Waals surface area contributed by atoms with Crippen LogP contribution in [0, 0.1) is 5.82 Å². The van der Waals surface area contributed by atoms with Gasteiger partial charge in [0.2, 0.25) is 0 Å². The van der Waals surface area contributed by atoms with Crippen molar-refractivity contribution in [3.63, 3.8) is 0 Å². The smallest absolute Gasteiger partial charge is 0.132 e. The Morgan fingerprint density at radius 1 is 1.11 bits per heavy atom. The quantitative estimate of drug-likeness (QED) is 0.750. The second-order valence-corrected chi connectivity index (χ2v) is 4.16. The molecule has 0 aliphatic heterocycles. The molecular weight excluding hydrogens is 231 g/mol. The number of pyridine rings is 1. The molecule has 1 aromatic carbocycles. The molecule has 2 aromatic heterocycles. The van der Waals surface area contributed by atoms with E-state index in [9.17, 15) is 9.50 Å². The van der Waals surface area contributed by atoms with Crippen LogP contribution in [-0.4, -0.2) is 14.5 Å². The molecule has 0 amide bonds. The Morgan fingerprint density at radius 3 is 2.67 bits per heavy atom. The third-order valence-corrected chi connectivity index (χ3v) is 2.86. The summed E-state index contributed by atoms with van der Waals surface area (Å²) < 4.78 is 14.6. The van der Waals surface area contributed by atoms with Crippen molar-refractivity contribution >= 4 is 5.52 Å². The zero-order valence-corrected chi connectivity index (χ0v) is 9.55. The maximum atomic E-state index is 12.8. The molecule has 2 heterocycles. The first-order valence-corrected chi connectivity index (χ1v) is 5.62. The summed E-state index contributed by atoms with van der Waals surface area (Å²) in [6, 6.07) is 9.76. The van der Waals surface area contributed by atoms with Crippen LogP contribution in [0.2, 0.25) is 0 Å². The molecule has 3 nitrogen and oxygen atoms in total. The monoisotopic (exact) mass is 242 g/mol. The minimum absolute atomic E-state index is 0.195. The molecule has 0 fully saturated rings. The molecule has 0 radical (unpaired) electrons. The fourth-order valence-corrected chi connectivity index (χ4v) is 1.95. The second kappa shape index (κ2) is 4.14. The van der Waals surface area contributed by atoms with Crippen molar-refractivity contribution in [3.05, 3.63) is 66.0 Å². The molecule has 18 heavy (non-hydrogen) atoms. The van der Waals surface area contributed by atoms with Gasteiger partial charge in [-0.15, -0.1) is 0 Å². The van der Waals surface area contributed by atoms with E-state index in [0.717, 1.165) is 16.9 Å². The highest BCUT2D eigenvalue weighted by Crippen LogP contribution is 2.16. The fourth-order valence-electron chi connectivity index (χ4n) is 1.95. The number of aromatic nitrogens is 2. The van der Waals surface area contributed by atoms with Crippen molar-refractivity contribution in [1.82, 2.24) is 9.38 Å². The Hall–Kier alpha value is -2.36. The zero-order chi connectivity index (χ0) is 12.5. The molecule has 0 unspecified atom stereocenters. The Bertz CT molecular complexity index is 689. The van der Waals surface area contributed by atoms with Gasteiger partial charge in [0.25, 0.3) is 0 Å². The van der Waals surface area contributed by atoms with Crippen LogP contribution >= 0.6 is 0 Å². The Kier molecular flexibility index (Phi) is 2.48. The van der Waals surface area contributed by atoms with E-state index in [1.165, 1.54) is 12.1 Å². The van der Waals surface area contributed by atoms with Gasteiger partial charge in [0.1, 0.15) is 17.4 Å². The normalized spacial score (nSPS) is 10.9. The zero-order valence-electron chi connectivity index (χ0n) is 9.55. The van der Waals surface area contributed by atoms with Crippen LogP contribution in [-0.2, 0) is 6.42 Å². The van der Waals surface area contributed by atoms with Crippen LogP contribution in [0.5, 0.6) is 5.75 Å². The maximum absolute atomic E-state index is 12.8. The molecule has 1 N–H and O–H groups in total. The Balaban J connectivity index is 1.99. The van der Waals surface area contributed by atoms with Gasteiger partial charge < -0.3 is 5.11 Å². The van der Waals surface area contributed by atoms with Crippen molar-refractivity contribution in [3.8, 4) is 5.75 Å². The van der Waals surface area contributed by atoms with Gasteiger partial charge in [-0.3, -0.25) is 4.40 Å². The number of hydrogen-bond acceptors (Lipinski definition) is 2. The molecule has 0 aliphatic carbocycles. The van der Waals surface area contributed by atoms with E-state index in [4.69, 9.17) is 0 Å². The van der Waals surface area contributed by atoms with E-state index in [-0.39, 0.29) is 11.6 Å². The first kappa shape index (κ1) is 10.8. The lowest BCUT2D eigenvalue weighted by molar-refractivity contribution is 0.471. The molecular formula is C14H11FN2O. The molecule has 0 saturated heterocycles. The van der Waals surface area contributed by atoms with Gasteiger partial charge >= 0.3 is 0 Å². The largest absolute Gasteiger partial charge is 0.506 e. The van der Waals surface area contributed by atoms with Gasteiger partial charge in [0.15, 0.2) is 0 Å². The van der Waals surface area contributed by atoms with E-state index < -0.39 is 0 Å². The molecule has 0 atom stereocenters. The van der Waals surface area contributed by atoms with Crippen LogP contribution in [0.15, 0.2) is 48.8 Å². The lowest BCUT2D eigenvalue weighted by atomic mass is 10.1. The minimum atomic E-state index is -0.246. The summed E-state index contributed by atoms with van der Waals surface area (Å²) in [4.78, 5) is 4.31. The molecule has 0 bridgehead atoms. The SMILES string of the molecule is Oc1ccc2cnc(Cc3ccc(F)cc3)n2c1. The highest BCUT2D eigenvalue weighted by atomic mass is 19.1. The van der Waals surface area contributed by atoms with Crippen LogP contribution < -0.4 is 0 Å². The van der Waals surface area contributed by atoms with Crippen LogP contribution in [0.4, 0.5) is 4.39 Å². The summed E-state index contributed by atoms with van der Waals surface area (Å²) in [5.41, 5.74) is 1.90. The minimum Gasteiger partial charge on any atom is -0.506 e. The van der Waals surface area contributed by atoms with Crippen molar-refractivity contribution in [2.24, 2.45) is 0 Å². The predicted octanol–water partition coefficient (Wildman–Crippen LogP) is 2.77. The highest BCUT2D eigenvalue weighted by molar-refractivity contribution is 5.48. The summed E-state index contributed by atoms with van der Waals surface area (Å²) in [6.45, 7) is 0. The number of hydrogen-bond donors (Lipinski definition) is 1. The summed E-state index contributed by atoms with van der Waals surface area (Å²) in [7, 11) is 0. The van der Waals surface area contributed by atoms with Crippen molar-refractivity contribution in [1.29, 1.82) is 0 Å². The summed E-state index contributed by atoms with van der Waals surface area (Å²) in [5.74, 6) is 0.762. The number of imidazole rings is 1. The van der Waals surface area contributed by atoms with Crippen molar-refractivity contribution < 1.29 is 9.50 Å². The number of fused-ring (bicyclic) bond motifs is 1. The molecule has 3 rings (SSSR count). The first-order valence-electron chi connectivity index (χ1n) is 5.62. The highest BCUT2D eigenvalue weighted by Gasteiger charge is 2.05. The molecule has 4 heteroatoms. The van der Waals surface area contributed by atoms with Crippen LogP contribution in [0.25, 0.3) is 5.52 Å². The van der Waals surface area contributed by atoms with Gasteiger partial charge in [-0.05, 0) is 29.8 Å². The van der Waals surface area contributed by atoms with Crippen LogP contribution in [0.3, 0.4) is 0 Å². The number of benzene rings is 1. The molecule has 0 saturated carbocycles. The van der Waals surface area contributed by atoms with Gasteiger partial charge in [0, 0.05) is 6.42 Å². The van der Waals surface area contributed by atoms with Crippen molar-refractivity contribution in [2.45, 2.75) is 6.42 Å². The third kappa shape index (κ3) is 1.93. The van der Waals surface area contributed by atoms with E-state index >= 15 is 0 Å². The molecule has 0 spiro atoms. The number of aromatic hydroxyl groups is 1. The Labute approximate surface area is 103 Å². The lowest BCUT2D eigenvalue weighted by Crippen LogP contribution is -1.96. The van der Waals surface area contributed by atoms with Crippen LogP contribution in [0.1, 0.15) is 11.4 Å². The van der Waals surface area contributed by atoms with E-state index in [2.05, 4.69) is 4.98 Å².